The third-order valence-electron chi connectivity index (χ3n) is 4.34. The minimum atomic E-state index is -2.11. The number of rotatable bonds is 11. The quantitative estimate of drug-likeness (QED) is 0.447. The third-order valence-corrected chi connectivity index (χ3v) is 18.5. The molecule has 118 valence electrons. The number of hydrogen-bond donors (Lipinski definition) is 0. The van der Waals surface area contributed by atoms with Crippen LogP contribution in [0.1, 0.15) is 59.3 Å². The van der Waals surface area contributed by atoms with Crippen LogP contribution in [0.15, 0.2) is 10.2 Å². The Labute approximate surface area is 130 Å². The molecular formula is C17H34O2Sn. The first-order valence-electron chi connectivity index (χ1n) is 8.69. The molecule has 20 heavy (non-hydrogen) atoms. The molecule has 1 aliphatic rings. The Hall–Kier alpha value is 0.459. The molecule has 0 spiro atoms. The van der Waals surface area contributed by atoms with Crippen LogP contribution in [0.4, 0.5) is 0 Å². The second kappa shape index (κ2) is 11.1. The number of hydrogen-bond acceptors (Lipinski definition) is 2. The molecule has 0 bridgehead atoms. The van der Waals surface area contributed by atoms with Gasteiger partial charge in [0.15, 0.2) is 0 Å². The summed E-state index contributed by atoms with van der Waals surface area (Å²) < 4.78 is 18.4. The summed E-state index contributed by atoms with van der Waals surface area (Å²) in [5.41, 5.74) is 0. The van der Waals surface area contributed by atoms with Gasteiger partial charge in [0.1, 0.15) is 0 Å². The summed E-state index contributed by atoms with van der Waals surface area (Å²) in [6.45, 7) is 8.49. The van der Waals surface area contributed by atoms with E-state index >= 15 is 0 Å². The summed E-state index contributed by atoms with van der Waals surface area (Å²) in [7, 11) is 0. The van der Waals surface area contributed by atoms with E-state index in [1.54, 1.807) is 0 Å². The van der Waals surface area contributed by atoms with Crippen molar-refractivity contribution in [2.45, 2.75) is 78.9 Å². The van der Waals surface area contributed by atoms with Crippen molar-refractivity contribution < 1.29 is 9.47 Å². The van der Waals surface area contributed by atoms with Gasteiger partial charge in [-0.05, 0) is 0 Å². The van der Waals surface area contributed by atoms with Crippen LogP contribution in [0.2, 0.25) is 13.3 Å². The first-order chi connectivity index (χ1) is 9.76. The Kier molecular flexibility index (Phi) is 10.3. The van der Waals surface area contributed by atoms with Crippen molar-refractivity contribution in [3.8, 4) is 0 Å². The van der Waals surface area contributed by atoms with E-state index in [1.165, 1.54) is 51.8 Å². The van der Waals surface area contributed by atoms with Crippen molar-refractivity contribution >= 4 is 18.4 Å². The van der Waals surface area contributed by atoms with Crippen molar-refractivity contribution in [3.05, 3.63) is 10.2 Å². The Morgan fingerprint density at radius 3 is 1.70 bits per heavy atom. The van der Waals surface area contributed by atoms with Crippen molar-refractivity contribution in [3.63, 3.8) is 0 Å². The predicted octanol–water partition coefficient (Wildman–Crippen LogP) is 5.30. The van der Waals surface area contributed by atoms with E-state index in [1.807, 2.05) is 0 Å². The van der Waals surface area contributed by atoms with Crippen molar-refractivity contribution in [1.82, 2.24) is 0 Å². The zero-order chi connectivity index (χ0) is 14.7. The molecule has 1 rings (SSSR count). The molecule has 1 fully saturated rings. The van der Waals surface area contributed by atoms with E-state index in [-0.39, 0.29) is 6.29 Å². The molecule has 0 amide bonds. The van der Waals surface area contributed by atoms with Gasteiger partial charge in [-0.25, -0.2) is 0 Å². The fourth-order valence-electron chi connectivity index (χ4n) is 2.98. The molecule has 0 aliphatic carbocycles. The zero-order valence-corrected chi connectivity index (χ0v) is 16.7. The van der Waals surface area contributed by atoms with E-state index < -0.39 is 18.4 Å². The summed E-state index contributed by atoms with van der Waals surface area (Å²) in [6, 6.07) is 0. The van der Waals surface area contributed by atoms with Gasteiger partial charge in [-0.15, -0.1) is 0 Å². The first kappa shape index (κ1) is 18.5. The normalized spacial score (nSPS) is 17.4. The molecule has 0 radical (unpaired) electrons. The van der Waals surface area contributed by atoms with Gasteiger partial charge in [0.2, 0.25) is 0 Å². The van der Waals surface area contributed by atoms with Crippen LogP contribution < -0.4 is 0 Å². The van der Waals surface area contributed by atoms with Gasteiger partial charge >= 0.3 is 130 Å². The molecule has 0 N–H and O–H groups in total. The van der Waals surface area contributed by atoms with E-state index in [4.69, 9.17) is 9.47 Å². The molecule has 2 nitrogen and oxygen atoms in total. The predicted molar refractivity (Wildman–Crippen MR) is 89.7 cm³/mol. The molecule has 3 heteroatoms. The van der Waals surface area contributed by atoms with Gasteiger partial charge in [-0.3, -0.25) is 0 Å². The van der Waals surface area contributed by atoms with Gasteiger partial charge < -0.3 is 0 Å². The number of ether oxygens (including phenoxy) is 2. The minimum absolute atomic E-state index is 0.0454. The van der Waals surface area contributed by atoms with Crippen LogP contribution in [0.25, 0.3) is 0 Å². The second-order valence-electron chi connectivity index (χ2n) is 6.14. The van der Waals surface area contributed by atoms with Crippen molar-refractivity contribution in [1.29, 1.82) is 0 Å². The van der Waals surface area contributed by atoms with Crippen LogP contribution in [-0.2, 0) is 9.47 Å². The van der Waals surface area contributed by atoms with Crippen LogP contribution >= 0.6 is 0 Å². The van der Waals surface area contributed by atoms with E-state index in [0.29, 0.717) is 0 Å². The van der Waals surface area contributed by atoms with Crippen LogP contribution in [0.5, 0.6) is 0 Å². The molecule has 1 saturated heterocycles. The van der Waals surface area contributed by atoms with Gasteiger partial charge in [0.05, 0.1) is 0 Å². The van der Waals surface area contributed by atoms with Crippen LogP contribution in [0.3, 0.4) is 0 Å². The molecule has 1 aliphatic heterocycles. The van der Waals surface area contributed by atoms with E-state index in [2.05, 4.69) is 30.9 Å². The van der Waals surface area contributed by atoms with Crippen molar-refractivity contribution in [2.24, 2.45) is 0 Å². The molecule has 0 aromatic carbocycles. The average Bonchev–Trinajstić information content (AvgIpc) is 2.99. The van der Waals surface area contributed by atoms with E-state index in [9.17, 15) is 0 Å². The standard InChI is InChI=1S/C5H7O2.3C4H9.Sn/c1-2-5-6-3-4-7-5;3*1-3-4-2;/h1-2,5H,3-4H2;3*1,3-4H2,2H3;. The van der Waals surface area contributed by atoms with Gasteiger partial charge in [0, 0.05) is 0 Å². The molecule has 0 aromatic heterocycles. The molecule has 1 heterocycles. The zero-order valence-electron chi connectivity index (χ0n) is 13.8. The Balaban J connectivity index is 2.69. The maximum absolute atomic E-state index is 5.59. The molecule has 0 atom stereocenters. The SMILES string of the molecule is CCC[CH2][Sn](/[CH]=C/C1OCCO1)([CH2]CCC)[CH2]CCC. The first-order valence-corrected chi connectivity index (χ1v) is 16.4. The second-order valence-corrected chi connectivity index (χ2v) is 19.2. The topological polar surface area (TPSA) is 18.5 Å². The summed E-state index contributed by atoms with van der Waals surface area (Å²) >= 11 is -2.11. The number of unbranched alkanes of at least 4 members (excludes halogenated alkanes) is 3. The van der Waals surface area contributed by atoms with Gasteiger partial charge in [-0.1, -0.05) is 0 Å². The molecular weight excluding hydrogens is 355 g/mol. The fourth-order valence-corrected chi connectivity index (χ4v) is 17.2. The van der Waals surface area contributed by atoms with Gasteiger partial charge in [0.25, 0.3) is 0 Å². The molecule has 0 unspecified atom stereocenters. The molecule has 0 aromatic rings. The fraction of sp³-hybridized carbons (Fsp3) is 0.882. The summed E-state index contributed by atoms with van der Waals surface area (Å²) in [6.07, 6.45) is 10.5. The Morgan fingerprint density at radius 2 is 1.30 bits per heavy atom. The van der Waals surface area contributed by atoms with E-state index in [0.717, 1.165) is 13.2 Å². The van der Waals surface area contributed by atoms with Gasteiger partial charge in [-0.2, -0.15) is 0 Å². The Morgan fingerprint density at radius 1 is 0.850 bits per heavy atom. The summed E-state index contributed by atoms with van der Waals surface area (Å²) in [4.78, 5) is 0. The Bertz CT molecular complexity index is 238. The molecule has 0 saturated carbocycles. The van der Waals surface area contributed by atoms with Crippen LogP contribution in [0, 0.1) is 0 Å². The third kappa shape index (κ3) is 6.95. The monoisotopic (exact) mass is 390 g/mol. The summed E-state index contributed by atoms with van der Waals surface area (Å²) in [5, 5.41) is 0. The van der Waals surface area contributed by atoms with Crippen molar-refractivity contribution in [2.75, 3.05) is 13.2 Å². The summed E-state index contributed by atoms with van der Waals surface area (Å²) in [5.74, 6) is 0. The van der Waals surface area contributed by atoms with Crippen LogP contribution in [-0.4, -0.2) is 37.9 Å². The average molecular weight is 389 g/mol. The maximum atomic E-state index is 5.59.